The van der Waals surface area contributed by atoms with Gasteiger partial charge in [-0.3, -0.25) is 0 Å². The standard InChI is InChI=1S/C8H14O3/c1-3-5-6-8(11,4-2)7(9)10/h3,5,11H,4,6H2,1-2H3,(H,9,10). The first-order valence-electron chi connectivity index (χ1n) is 3.63. The van der Waals surface area contributed by atoms with Crippen LogP contribution < -0.4 is 0 Å². The van der Waals surface area contributed by atoms with Gasteiger partial charge in [-0.15, -0.1) is 0 Å². The van der Waals surface area contributed by atoms with Crippen LogP contribution in [0.2, 0.25) is 0 Å². The van der Waals surface area contributed by atoms with Crippen molar-refractivity contribution < 1.29 is 15.0 Å². The molecule has 0 radical (unpaired) electrons. The van der Waals surface area contributed by atoms with Crippen LogP contribution >= 0.6 is 0 Å². The molecule has 0 bridgehead atoms. The van der Waals surface area contributed by atoms with Crippen molar-refractivity contribution in [1.29, 1.82) is 0 Å². The highest BCUT2D eigenvalue weighted by atomic mass is 16.4. The second-order valence-electron chi connectivity index (χ2n) is 2.46. The Morgan fingerprint density at radius 2 is 2.18 bits per heavy atom. The van der Waals surface area contributed by atoms with E-state index in [2.05, 4.69) is 0 Å². The van der Waals surface area contributed by atoms with Gasteiger partial charge in [0.2, 0.25) is 0 Å². The van der Waals surface area contributed by atoms with Crippen LogP contribution in [0.15, 0.2) is 12.2 Å². The zero-order chi connectivity index (χ0) is 8.91. The van der Waals surface area contributed by atoms with E-state index < -0.39 is 11.6 Å². The molecule has 0 heterocycles. The number of aliphatic hydroxyl groups is 1. The molecule has 64 valence electrons. The first-order chi connectivity index (χ1) is 5.06. The molecule has 0 saturated carbocycles. The molecule has 3 nitrogen and oxygen atoms in total. The number of rotatable bonds is 4. The van der Waals surface area contributed by atoms with Crippen LogP contribution in [-0.4, -0.2) is 21.8 Å². The minimum Gasteiger partial charge on any atom is -0.479 e. The molecule has 0 aromatic carbocycles. The predicted molar refractivity (Wildman–Crippen MR) is 42.3 cm³/mol. The maximum absolute atomic E-state index is 10.5. The second-order valence-corrected chi connectivity index (χ2v) is 2.46. The smallest absolute Gasteiger partial charge is 0.335 e. The van der Waals surface area contributed by atoms with Crippen molar-refractivity contribution in [3.05, 3.63) is 12.2 Å². The Balaban J connectivity index is 4.22. The predicted octanol–water partition coefficient (Wildman–Crippen LogP) is 1.18. The van der Waals surface area contributed by atoms with E-state index in [1.54, 1.807) is 26.0 Å². The summed E-state index contributed by atoms with van der Waals surface area (Å²) in [6, 6.07) is 0. The number of carboxylic acid groups (broad SMARTS) is 1. The summed E-state index contributed by atoms with van der Waals surface area (Å²) in [5.41, 5.74) is -1.58. The van der Waals surface area contributed by atoms with Gasteiger partial charge in [0.1, 0.15) is 0 Å². The Kier molecular flexibility index (Phi) is 3.82. The van der Waals surface area contributed by atoms with Gasteiger partial charge in [0.15, 0.2) is 5.60 Å². The minimum absolute atomic E-state index is 0.176. The first kappa shape index (κ1) is 10.2. The van der Waals surface area contributed by atoms with Crippen LogP contribution in [0.1, 0.15) is 26.7 Å². The number of aliphatic carboxylic acids is 1. The van der Waals surface area contributed by atoms with Gasteiger partial charge in [0.05, 0.1) is 0 Å². The molecule has 0 fully saturated rings. The monoisotopic (exact) mass is 158 g/mol. The van der Waals surface area contributed by atoms with Crippen LogP contribution in [0, 0.1) is 0 Å². The quantitative estimate of drug-likeness (QED) is 0.604. The first-order valence-corrected chi connectivity index (χ1v) is 3.63. The zero-order valence-electron chi connectivity index (χ0n) is 6.87. The van der Waals surface area contributed by atoms with Crippen LogP contribution in [0.3, 0.4) is 0 Å². The summed E-state index contributed by atoms with van der Waals surface area (Å²) in [5, 5.41) is 18.0. The van der Waals surface area contributed by atoms with E-state index in [1.165, 1.54) is 0 Å². The molecule has 2 N–H and O–H groups in total. The fourth-order valence-electron chi connectivity index (χ4n) is 0.696. The number of hydrogen-bond acceptors (Lipinski definition) is 2. The Hall–Kier alpha value is -0.830. The molecule has 0 rings (SSSR count). The van der Waals surface area contributed by atoms with Crippen LogP contribution in [0.25, 0.3) is 0 Å². The molecule has 0 aromatic heterocycles. The highest BCUT2D eigenvalue weighted by Crippen LogP contribution is 2.15. The molecule has 1 unspecified atom stereocenters. The molecule has 0 aliphatic rings. The maximum atomic E-state index is 10.5. The Morgan fingerprint density at radius 3 is 2.45 bits per heavy atom. The van der Waals surface area contributed by atoms with Gasteiger partial charge >= 0.3 is 5.97 Å². The highest BCUT2D eigenvalue weighted by molar-refractivity contribution is 5.77. The van der Waals surface area contributed by atoms with Gasteiger partial charge in [-0.1, -0.05) is 19.1 Å². The van der Waals surface area contributed by atoms with Crippen LogP contribution in [0.5, 0.6) is 0 Å². The Labute approximate surface area is 66.4 Å². The summed E-state index contributed by atoms with van der Waals surface area (Å²) < 4.78 is 0. The fourth-order valence-corrected chi connectivity index (χ4v) is 0.696. The summed E-state index contributed by atoms with van der Waals surface area (Å²) in [6.07, 6.45) is 3.78. The van der Waals surface area contributed by atoms with Crippen molar-refractivity contribution in [2.75, 3.05) is 0 Å². The summed E-state index contributed by atoms with van der Waals surface area (Å²) in [7, 11) is 0. The maximum Gasteiger partial charge on any atom is 0.335 e. The molecule has 0 aliphatic carbocycles. The lowest BCUT2D eigenvalue weighted by Gasteiger charge is -2.18. The molecule has 0 spiro atoms. The molecule has 0 aliphatic heterocycles. The topological polar surface area (TPSA) is 57.5 Å². The molecule has 0 aromatic rings. The van der Waals surface area contributed by atoms with Crippen LogP contribution in [0.4, 0.5) is 0 Å². The van der Waals surface area contributed by atoms with Crippen molar-refractivity contribution in [3.8, 4) is 0 Å². The molecule has 11 heavy (non-hydrogen) atoms. The average molecular weight is 158 g/mol. The lowest BCUT2D eigenvalue weighted by atomic mass is 9.97. The van der Waals surface area contributed by atoms with Crippen molar-refractivity contribution >= 4 is 5.97 Å². The number of allylic oxidation sites excluding steroid dienone is 1. The van der Waals surface area contributed by atoms with E-state index in [0.717, 1.165) is 0 Å². The molecular weight excluding hydrogens is 144 g/mol. The van der Waals surface area contributed by atoms with Crippen LogP contribution in [-0.2, 0) is 4.79 Å². The fraction of sp³-hybridized carbons (Fsp3) is 0.625. The third-order valence-corrected chi connectivity index (χ3v) is 1.67. The average Bonchev–Trinajstić information content (AvgIpc) is 2.00. The van der Waals surface area contributed by atoms with E-state index in [1.807, 2.05) is 0 Å². The second kappa shape index (κ2) is 4.13. The van der Waals surface area contributed by atoms with E-state index in [9.17, 15) is 9.90 Å². The van der Waals surface area contributed by atoms with Gasteiger partial charge in [-0.25, -0.2) is 4.79 Å². The molecular formula is C8H14O3. The van der Waals surface area contributed by atoms with Crippen molar-refractivity contribution in [3.63, 3.8) is 0 Å². The van der Waals surface area contributed by atoms with Gasteiger partial charge in [0, 0.05) is 6.42 Å². The number of carboxylic acids is 1. The van der Waals surface area contributed by atoms with Gasteiger partial charge in [-0.2, -0.15) is 0 Å². The lowest BCUT2D eigenvalue weighted by molar-refractivity contribution is -0.158. The van der Waals surface area contributed by atoms with Gasteiger partial charge in [-0.05, 0) is 13.3 Å². The summed E-state index contributed by atoms with van der Waals surface area (Å²) in [5.74, 6) is -1.15. The van der Waals surface area contributed by atoms with Crippen molar-refractivity contribution in [2.45, 2.75) is 32.3 Å². The third-order valence-electron chi connectivity index (χ3n) is 1.67. The molecule has 0 saturated heterocycles. The molecule has 3 heteroatoms. The van der Waals surface area contributed by atoms with E-state index in [-0.39, 0.29) is 12.8 Å². The van der Waals surface area contributed by atoms with Gasteiger partial charge < -0.3 is 10.2 Å². The Morgan fingerprint density at radius 1 is 1.64 bits per heavy atom. The Bertz CT molecular complexity index is 163. The third kappa shape index (κ3) is 2.72. The highest BCUT2D eigenvalue weighted by Gasteiger charge is 2.31. The molecule has 1 atom stereocenters. The van der Waals surface area contributed by atoms with Crippen molar-refractivity contribution in [1.82, 2.24) is 0 Å². The largest absolute Gasteiger partial charge is 0.479 e. The number of hydrogen-bond donors (Lipinski definition) is 2. The van der Waals surface area contributed by atoms with E-state index in [0.29, 0.717) is 0 Å². The summed E-state index contributed by atoms with van der Waals surface area (Å²) in [4.78, 5) is 10.5. The minimum atomic E-state index is -1.58. The lowest BCUT2D eigenvalue weighted by Crippen LogP contribution is -2.37. The normalized spacial score (nSPS) is 16.6. The van der Waals surface area contributed by atoms with Gasteiger partial charge in [0.25, 0.3) is 0 Å². The van der Waals surface area contributed by atoms with E-state index >= 15 is 0 Å². The molecule has 0 amide bonds. The van der Waals surface area contributed by atoms with Crippen molar-refractivity contribution in [2.24, 2.45) is 0 Å². The summed E-state index contributed by atoms with van der Waals surface area (Å²) in [6.45, 7) is 3.44. The number of carbonyl (C=O) groups is 1. The van der Waals surface area contributed by atoms with E-state index in [4.69, 9.17) is 5.11 Å². The summed E-state index contributed by atoms with van der Waals surface area (Å²) >= 11 is 0. The zero-order valence-corrected chi connectivity index (χ0v) is 6.87. The SMILES string of the molecule is CC=CCC(O)(CC)C(=O)O.